The van der Waals surface area contributed by atoms with Crippen LogP contribution < -0.4 is 5.69 Å². The van der Waals surface area contributed by atoms with Crippen LogP contribution in [0.4, 0.5) is 0 Å². The molecule has 7 nitrogen and oxygen atoms in total. The quantitative estimate of drug-likeness (QED) is 0.354. The number of pyridine rings is 2. The first-order valence-electron chi connectivity index (χ1n) is 11.6. The minimum absolute atomic E-state index is 0.121. The van der Waals surface area contributed by atoms with Crippen molar-refractivity contribution in [1.82, 2.24) is 28.9 Å². The van der Waals surface area contributed by atoms with E-state index in [1.54, 1.807) is 33.3 Å². The van der Waals surface area contributed by atoms with Crippen molar-refractivity contribution in [2.24, 2.45) is 7.05 Å². The van der Waals surface area contributed by atoms with Crippen molar-refractivity contribution < 1.29 is 0 Å². The molecule has 0 saturated heterocycles. The molecule has 0 aliphatic heterocycles. The van der Waals surface area contributed by atoms with Gasteiger partial charge in [0.05, 0.1) is 39.6 Å². The van der Waals surface area contributed by atoms with Crippen molar-refractivity contribution in [2.75, 3.05) is 0 Å². The molecule has 0 N–H and O–H groups in total. The second-order valence-electron chi connectivity index (χ2n) is 8.78. The molecule has 4 aromatic heterocycles. The summed E-state index contributed by atoms with van der Waals surface area (Å²) in [6.07, 6.45) is 7.29. The van der Waals surface area contributed by atoms with Gasteiger partial charge < -0.3 is 0 Å². The van der Waals surface area contributed by atoms with Crippen LogP contribution in [0.2, 0.25) is 0 Å². The lowest BCUT2D eigenvalue weighted by molar-refractivity contribution is 0.843. The van der Waals surface area contributed by atoms with Gasteiger partial charge in [-0.1, -0.05) is 24.3 Å². The summed E-state index contributed by atoms with van der Waals surface area (Å²) in [5.74, 6) is 0. The Labute approximate surface area is 205 Å². The maximum Gasteiger partial charge on any atom is 0.333 e. The van der Waals surface area contributed by atoms with E-state index in [-0.39, 0.29) is 5.69 Å². The molecule has 0 saturated carbocycles. The summed E-state index contributed by atoms with van der Waals surface area (Å²) in [6, 6.07) is 26.1. The lowest BCUT2D eigenvalue weighted by Gasteiger charge is -2.09. The van der Waals surface area contributed by atoms with E-state index >= 15 is 0 Å². The van der Waals surface area contributed by atoms with Crippen molar-refractivity contribution in [1.29, 1.82) is 0 Å². The van der Waals surface area contributed by atoms with Crippen molar-refractivity contribution in [3.05, 3.63) is 114 Å². The van der Waals surface area contributed by atoms with Gasteiger partial charge in [-0.2, -0.15) is 5.10 Å². The summed E-state index contributed by atoms with van der Waals surface area (Å²) in [4.78, 5) is 22.7. The molecule has 0 aliphatic rings. The fraction of sp³-hybridized carbons (Fsp3) is 0.0345. The SMILES string of the molecule is Cn1c(=O)n(-c2ccc(-n3cccn3)cc2)c2c3cc(-c4cnc5ccccc5c4)ccc3ncc21. The molecule has 0 bridgehead atoms. The maximum atomic E-state index is 13.4. The zero-order valence-corrected chi connectivity index (χ0v) is 19.4. The second kappa shape index (κ2) is 7.74. The number of para-hydroxylation sites is 1. The number of benzene rings is 3. The Hall–Kier alpha value is -5.04. The van der Waals surface area contributed by atoms with Crippen LogP contribution in [-0.2, 0) is 7.05 Å². The fourth-order valence-corrected chi connectivity index (χ4v) is 4.82. The highest BCUT2D eigenvalue weighted by Gasteiger charge is 2.17. The highest BCUT2D eigenvalue weighted by molar-refractivity contribution is 6.04. The van der Waals surface area contributed by atoms with Crippen molar-refractivity contribution >= 4 is 32.8 Å². The molecular formula is C29H20N6O. The van der Waals surface area contributed by atoms with E-state index < -0.39 is 0 Å². The fourth-order valence-electron chi connectivity index (χ4n) is 4.82. The summed E-state index contributed by atoms with van der Waals surface area (Å²) in [6.45, 7) is 0. The molecular weight excluding hydrogens is 448 g/mol. The van der Waals surface area contributed by atoms with Crippen LogP contribution in [0, 0.1) is 0 Å². The number of rotatable bonds is 3. The third-order valence-corrected chi connectivity index (χ3v) is 6.68. The standard InChI is InChI=1S/C29H20N6O/c1-33-27-18-31-26-12-7-19(21-15-20-5-2-3-6-25(20)30-17-21)16-24(26)28(27)35(29(33)36)23-10-8-22(9-11-23)34-14-4-13-32-34/h2-18H,1H3. The van der Waals surface area contributed by atoms with Gasteiger partial charge in [0.2, 0.25) is 0 Å². The predicted molar refractivity (Wildman–Crippen MR) is 142 cm³/mol. The lowest BCUT2D eigenvalue weighted by Crippen LogP contribution is -2.20. The molecule has 3 aromatic carbocycles. The monoisotopic (exact) mass is 468 g/mol. The first kappa shape index (κ1) is 20.3. The first-order chi connectivity index (χ1) is 17.7. The molecule has 0 fully saturated rings. The largest absolute Gasteiger partial charge is 0.333 e. The van der Waals surface area contributed by atoms with E-state index in [4.69, 9.17) is 0 Å². The van der Waals surface area contributed by atoms with Gasteiger partial charge in [0.1, 0.15) is 0 Å². The average molecular weight is 469 g/mol. The molecule has 0 unspecified atom stereocenters. The smallest absolute Gasteiger partial charge is 0.293 e. The summed E-state index contributed by atoms with van der Waals surface area (Å²) < 4.78 is 5.20. The Bertz CT molecular complexity index is 1960. The second-order valence-corrected chi connectivity index (χ2v) is 8.78. The van der Waals surface area contributed by atoms with Crippen molar-refractivity contribution in [2.45, 2.75) is 0 Å². The molecule has 0 amide bonds. The molecule has 0 atom stereocenters. The van der Waals surface area contributed by atoms with E-state index in [0.29, 0.717) is 0 Å². The van der Waals surface area contributed by atoms with Crippen LogP contribution in [0.5, 0.6) is 0 Å². The molecule has 4 heterocycles. The molecule has 0 spiro atoms. The number of imidazole rings is 1. The molecule has 0 radical (unpaired) electrons. The minimum Gasteiger partial charge on any atom is -0.293 e. The van der Waals surface area contributed by atoms with Crippen molar-refractivity contribution in [3.63, 3.8) is 0 Å². The highest BCUT2D eigenvalue weighted by Crippen LogP contribution is 2.30. The van der Waals surface area contributed by atoms with Gasteiger partial charge in [-0.25, -0.2) is 9.48 Å². The van der Waals surface area contributed by atoms with Gasteiger partial charge in [0.25, 0.3) is 0 Å². The minimum atomic E-state index is -0.121. The third kappa shape index (κ3) is 3.06. The Kier molecular flexibility index (Phi) is 4.38. The third-order valence-electron chi connectivity index (χ3n) is 6.68. The summed E-state index contributed by atoms with van der Waals surface area (Å²) >= 11 is 0. The highest BCUT2D eigenvalue weighted by atomic mass is 16.1. The van der Waals surface area contributed by atoms with Gasteiger partial charge in [-0.05, 0) is 60.2 Å². The Morgan fingerprint density at radius 2 is 1.56 bits per heavy atom. The summed E-state index contributed by atoms with van der Waals surface area (Å²) in [7, 11) is 1.78. The van der Waals surface area contributed by atoms with E-state index in [1.165, 1.54) is 0 Å². The number of aromatic nitrogens is 6. The molecule has 7 aromatic rings. The normalized spacial score (nSPS) is 11.6. The number of hydrogen-bond acceptors (Lipinski definition) is 4. The van der Waals surface area contributed by atoms with E-state index in [9.17, 15) is 4.79 Å². The maximum absolute atomic E-state index is 13.4. The number of nitrogens with zero attached hydrogens (tertiary/aromatic N) is 6. The van der Waals surface area contributed by atoms with Gasteiger partial charge in [-0.3, -0.25) is 19.1 Å². The van der Waals surface area contributed by atoms with E-state index in [1.807, 2.05) is 67.0 Å². The van der Waals surface area contributed by atoms with Crippen LogP contribution in [0.3, 0.4) is 0 Å². The summed E-state index contributed by atoms with van der Waals surface area (Å²) in [5.41, 5.74) is 7.01. The molecule has 0 aliphatic carbocycles. The Morgan fingerprint density at radius 3 is 2.39 bits per heavy atom. The Morgan fingerprint density at radius 1 is 0.750 bits per heavy atom. The van der Waals surface area contributed by atoms with Gasteiger partial charge >= 0.3 is 5.69 Å². The molecule has 7 rings (SSSR count). The number of aryl methyl sites for hydroxylation is 1. The van der Waals surface area contributed by atoms with Crippen LogP contribution in [0.1, 0.15) is 0 Å². The van der Waals surface area contributed by atoms with Crippen LogP contribution in [-0.4, -0.2) is 28.9 Å². The zero-order valence-electron chi connectivity index (χ0n) is 19.4. The zero-order chi connectivity index (χ0) is 24.2. The topological polar surface area (TPSA) is 70.5 Å². The van der Waals surface area contributed by atoms with Crippen LogP contribution in [0.15, 0.2) is 108 Å². The molecule has 7 heteroatoms. The first-order valence-corrected chi connectivity index (χ1v) is 11.6. The lowest BCUT2D eigenvalue weighted by atomic mass is 10.0. The van der Waals surface area contributed by atoms with Gasteiger partial charge in [0, 0.05) is 42.0 Å². The van der Waals surface area contributed by atoms with E-state index in [0.717, 1.165) is 55.3 Å². The van der Waals surface area contributed by atoms with Crippen molar-refractivity contribution in [3.8, 4) is 22.5 Å². The Balaban J connectivity index is 1.45. The predicted octanol–water partition coefficient (Wildman–Crippen LogP) is 5.28. The molecule has 36 heavy (non-hydrogen) atoms. The summed E-state index contributed by atoms with van der Waals surface area (Å²) in [5, 5.41) is 6.28. The van der Waals surface area contributed by atoms with E-state index in [2.05, 4.69) is 39.3 Å². The average Bonchev–Trinajstić information content (AvgIpc) is 3.56. The van der Waals surface area contributed by atoms with Gasteiger partial charge in [0.15, 0.2) is 0 Å². The number of hydrogen-bond donors (Lipinski definition) is 0. The van der Waals surface area contributed by atoms with Crippen LogP contribution >= 0.6 is 0 Å². The van der Waals surface area contributed by atoms with Crippen LogP contribution in [0.25, 0.3) is 55.3 Å². The van der Waals surface area contributed by atoms with Gasteiger partial charge in [-0.15, -0.1) is 0 Å². The number of fused-ring (bicyclic) bond motifs is 4. The molecule has 172 valence electrons.